The summed E-state index contributed by atoms with van der Waals surface area (Å²) in [5.74, 6) is -2.15. The third-order valence-corrected chi connectivity index (χ3v) is 7.88. The zero-order valence-corrected chi connectivity index (χ0v) is 21.5. The van der Waals surface area contributed by atoms with Gasteiger partial charge in [-0.1, -0.05) is 23.0 Å². The number of fused-ring (bicyclic) bond motifs is 1. The fourth-order valence-electron chi connectivity index (χ4n) is 3.31. The first-order chi connectivity index (χ1) is 17.3. The minimum absolute atomic E-state index is 0.0243. The van der Waals surface area contributed by atoms with E-state index in [1.54, 1.807) is 18.5 Å². The van der Waals surface area contributed by atoms with Crippen molar-refractivity contribution >= 4 is 69.8 Å². The monoisotopic (exact) mass is 547 g/mol. The van der Waals surface area contributed by atoms with E-state index in [0.717, 1.165) is 22.8 Å². The number of β-lactam (4-membered cyclic amide) rings is 1. The van der Waals surface area contributed by atoms with Crippen molar-refractivity contribution in [3.8, 4) is 0 Å². The molecule has 0 saturated carbocycles. The van der Waals surface area contributed by atoms with Crippen LogP contribution in [-0.2, 0) is 19.2 Å². The second kappa shape index (κ2) is 11.1. The molecule has 2 aromatic heterocycles. The average Bonchev–Trinajstić information content (AvgIpc) is 3.29. The van der Waals surface area contributed by atoms with Crippen LogP contribution in [0.15, 0.2) is 39.5 Å². The van der Waals surface area contributed by atoms with Gasteiger partial charge in [0.15, 0.2) is 5.13 Å². The van der Waals surface area contributed by atoms with Gasteiger partial charge in [-0.2, -0.15) is 9.36 Å². The molecular weight excluding hydrogens is 526 g/mol. The number of rotatable bonds is 9. The molecule has 2 amide bonds. The van der Waals surface area contributed by atoms with Crippen LogP contribution >= 0.6 is 35.1 Å². The third-order valence-electron chi connectivity index (χ3n) is 4.98. The van der Waals surface area contributed by atoms with Crippen LogP contribution in [0.4, 0.5) is 5.13 Å². The second-order valence-corrected chi connectivity index (χ2v) is 10.3. The normalized spacial score (nSPS) is 19.8. The Hall–Kier alpha value is -3.43. The Kier molecular flexibility index (Phi) is 7.91. The van der Waals surface area contributed by atoms with E-state index in [0.29, 0.717) is 10.7 Å². The Balaban J connectivity index is 1.48. The lowest BCUT2D eigenvalue weighted by Gasteiger charge is -2.49. The molecule has 15 heteroatoms. The van der Waals surface area contributed by atoms with Crippen LogP contribution in [0, 0.1) is 6.92 Å². The van der Waals surface area contributed by atoms with E-state index in [-0.39, 0.29) is 29.0 Å². The first kappa shape index (κ1) is 25.7. The molecule has 4 heterocycles. The Morgan fingerprint density at radius 3 is 2.89 bits per heavy atom. The number of amides is 2. The van der Waals surface area contributed by atoms with Crippen LogP contribution in [0.5, 0.6) is 0 Å². The number of nitrogen functional groups attached to an aromatic ring is 1. The molecule has 2 aliphatic heterocycles. The first-order valence-electron chi connectivity index (χ1n) is 10.6. The maximum atomic E-state index is 12.9. The van der Waals surface area contributed by atoms with Gasteiger partial charge in [-0.3, -0.25) is 19.5 Å². The van der Waals surface area contributed by atoms with Crippen LogP contribution in [0.3, 0.4) is 0 Å². The fourth-order valence-corrected chi connectivity index (χ4v) is 6.10. The number of hydrogen-bond donors (Lipinski definition) is 3. The van der Waals surface area contributed by atoms with Gasteiger partial charge >= 0.3 is 5.97 Å². The molecule has 1 saturated heterocycles. The first-order valence-corrected chi connectivity index (χ1v) is 13.3. The smallest absolute Gasteiger partial charge is 0.353 e. The SMILES string of the molecule is CCON=C(C(=O)NC1C(=O)N2C(C(=O)O)=C(SC=Cc3ccc(C)nc3)CS[C@@H]12)c1nsc(N)n1. The number of anilines is 1. The molecule has 188 valence electrons. The van der Waals surface area contributed by atoms with Crippen molar-refractivity contribution in [3.05, 3.63) is 51.4 Å². The highest BCUT2D eigenvalue weighted by Crippen LogP contribution is 2.43. The summed E-state index contributed by atoms with van der Waals surface area (Å²) in [7, 11) is 0. The fraction of sp³-hybridized carbons (Fsp3) is 0.286. The lowest BCUT2D eigenvalue weighted by Crippen LogP contribution is -2.71. The molecule has 0 aromatic carbocycles. The number of oxime groups is 1. The van der Waals surface area contributed by atoms with Gasteiger partial charge in [0.05, 0.1) is 0 Å². The van der Waals surface area contributed by atoms with Gasteiger partial charge in [-0.25, -0.2) is 4.79 Å². The quantitative estimate of drug-likeness (QED) is 0.237. The number of pyridine rings is 1. The molecule has 4 N–H and O–H groups in total. The van der Waals surface area contributed by atoms with Crippen molar-refractivity contribution < 1.29 is 24.3 Å². The predicted molar refractivity (Wildman–Crippen MR) is 138 cm³/mol. The molecule has 0 aliphatic carbocycles. The number of nitrogens with one attached hydrogen (secondary N) is 1. The van der Waals surface area contributed by atoms with E-state index in [1.165, 1.54) is 28.4 Å². The number of thioether (sulfide) groups is 2. The number of carboxylic acid groups (broad SMARTS) is 1. The number of carbonyl (C=O) groups is 3. The Bertz CT molecular complexity index is 1270. The van der Waals surface area contributed by atoms with Crippen LogP contribution in [0.1, 0.15) is 24.0 Å². The molecular formula is C21H21N7O5S3. The summed E-state index contributed by atoms with van der Waals surface area (Å²) < 4.78 is 3.98. The number of nitrogens with two attached hydrogens (primary N) is 1. The van der Waals surface area contributed by atoms with Crippen LogP contribution < -0.4 is 11.1 Å². The number of aliphatic carboxylic acids is 1. The number of aromatic nitrogens is 3. The summed E-state index contributed by atoms with van der Waals surface area (Å²) in [6.07, 6.45) is 3.54. The predicted octanol–water partition coefficient (Wildman–Crippen LogP) is 1.66. The van der Waals surface area contributed by atoms with E-state index in [9.17, 15) is 19.5 Å². The highest BCUT2D eigenvalue weighted by molar-refractivity contribution is 8.08. The molecule has 4 rings (SSSR count). The van der Waals surface area contributed by atoms with Gasteiger partial charge in [-0.15, -0.1) is 11.8 Å². The average molecular weight is 548 g/mol. The zero-order valence-electron chi connectivity index (χ0n) is 19.1. The Morgan fingerprint density at radius 2 is 2.25 bits per heavy atom. The van der Waals surface area contributed by atoms with Crippen molar-refractivity contribution in [2.24, 2.45) is 5.16 Å². The van der Waals surface area contributed by atoms with E-state index in [4.69, 9.17) is 10.6 Å². The van der Waals surface area contributed by atoms with Crippen LogP contribution in [0.25, 0.3) is 6.08 Å². The van der Waals surface area contributed by atoms with Gasteiger partial charge in [0.2, 0.25) is 11.5 Å². The van der Waals surface area contributed by atoms with Gasteiger partial charge in [0.1, 0.15) is 23.7 Å². The van der Waals surface area contributed by atoms with E-state index in [1.807, 2.05) is 25.1 Å². The summed E-state index contributed by atoms with van der Waals surface area (Å²) in [5.41, 5.74) is 7.05. The summed E-state index contributed by atoms with van der Waals surface area (Å²) >= 11 is 3.47. The number of hydrogen-bond acceptors (Lipinski definition) is 12. The maximum Gasteiger partial charge on any atom is 0.353 e. The summed E-state index contributed by atoms with van der Waals surface area (Å²) in [5, 5.41) is 17.5. The van der Waals surface area contributed by atoms with Crippen LogP contribution in [0.2, 0.25) is 0 Å². The molecule has 12 nitrogen and oxygen atoms in total. The minimum Gasteiger partial charge on any atom is -0.477 e. The number of aryl methyl sites for hydroxylation is 1. The van der Waals surface area contributed by atoms with Crippen LogP contribution in [-0.4, -0.2) is 71.6 Å². The van der Waals surface area contributed by atoms with Crippen molar-refractivity contribution in [3.63, 3.8) is 0 Å². The third kappa shape index (κ3) is 5.37. The minimum atomic E-state index is -1.22. The zero-order chi connectivity index (χ0) is 25.8. The second-order valence-electron chi connectivity index (χ2n) is 7.41. The van der Waals surface area contributed by atoms with Crippen molar-refractivity contribution in [1.29, 1.82) is 0 Å². The molecule has 0 spiro atoms. The largest absolute Gasteiger partial charge is 0.477 e. The summed E-state index contributed by atoms with van der Waals surface area (Å²) in [6.45, 7) is 3.78. The molecule has 2 atom stereocenters. The van der Waals surface area contributed by atoms with Crippen molar-refractivity contribution in [2.75, 3.05) is 18.1 Å². The summed E-state index contributed by atoms with van der Waals surface area (Å²) in [6, 6.07) is 2.84. The topological polar surface area (TPSA) is 173 Å². The van der Waals surface area contributed by atoms with Gasteiger partial charge < -0.3 is 21.0 Å². The van der Waals surface area contributed by atoms with Crippen molar-refractivity contribution in [2.45, 2.75) is 25.3 Å². The van der Waals surface area contributed by atoms with Gasteiger partial charge in [0.25, 0.3) is 11.8 Å². The molecule has 36 heavy (non-hydrogen) atoms. The molecule has 1 fully saturated rings. The molecule has 1 unspecified atom stereocenters. The molecule has 2 aliphatic rings. The lowest BCUT2D eigenvalue weighted by molar-refractivity contribution is -0.150. The lowest BCUT2D eigenvalue weighted by atomic mass is 10.0. The van der Waals surface area contributed by atoms with Gasteiger partial charge in [0, 0.05) is 34.1 Å². The molecule has 0 radical (unpaired) electrons. The highest BCUT2D eigenvalue weighted by Gasteiger charge is 2.54. The molecule has 2 aromatic rings. The molecule has 0 bridgehead atoms. The summed E-state index contributed by atoms with van der Waals surface area (Å²) in [4.78, 5) is 52.8. The van der Waals surface area contributed by atoms with Crippen molar-refractivity contribution in [1.82, 2.24) is 24.6 Å². The standard InChI is InChI=1S/C21H21N7O5S3/c1-3-33-26-13(16-25-21(22)36-27-16)17(29)24-14-18(30)28-15(20(31)32)12(9-35-19(14)28)34-7-6-11-5-4-10(2)23-8-11/h4-8,14,19H,3,9H2,1-2H3,(H,24,29)(H,31,32)(H2,22,25,27)/t14?,19-/m0/s1. The highest BCUT2D eigenvalue weighted by atomic mass is 32.2. The Labute approximate surface area is 218 Å². The number of carbonyl (C=O) groups excluding carboxylic acids is 2. The van der Waals surface area contributed by atoms with E-state index in [2.05, 4.69) is 24.8 Å². The maximum absolute atomic E-state index is 12.9. The van der Waals surface area contributed by atoms with E-state index >= 15 is 0 Å². The number of nitrogens with zero attached hydrogens (tertiary/aromatic N) is 5. The van der Waals surface area contributed by atoms with Gasteiger partial charge in [-0.05, 0) is 37.0 Å². The Morgan fingerprint density at radius 1 is 1.44 bits per heavy atom. The van der Waals surface area contributed by atoms with E-state index < -0.39 is 29.2 Å². The number of carboxylic acids is 1.